The monoisotopic (exact) mass is 503 g/mol. The number of amides is 1. The van der Waals surface area contributed by atoms with Crippen molar-refractivity contribution in [2.45, 2.75) is 51.9 Å². The van der Waals surface area contributed by atoms with Crippen LogP contribution in [-0.4, -0.2) is 65.1 Å². The summed E-state index contributed by atoms with van der Waals surface area (Å²) in [5.74, 6) is 2.03. The molecule has 1 fully saturated rings. The Hall–Kier alpha value is -3.88. The van der Waals surface area contributed by atoms with Crippen LogP contribution in [0.3, 0.4) is 0 Å². The SMILES string of the molecule is COc1cc(-c2ccc3c(c2)COc2nc(N4CCC(N(C)C(=O)OC(C)(C)C)CC4)ccc2-3)cnn1. The summed E-state index contributed by atoms with van der Waals surface area (Å²) in [6.45, 7) is 7.74. The molecule has 0 unspecified atom stereocenters. The van der Waals surface area contributed by atoms with Crippen LogP contribution in [0.2, 0.25) is 0 Å². The van der Waals surface area contributed by atoms with Crippen molar-refractivity contribution >= 4 is 11.9 Å². The molecule has 3 aromatic rings. The Morgan fingerprint density at radius 1 is 1.08 bits per heavy atom. The zero-order chi connectivity index (χ0) is 26.2. The molecule has 0 aliphatic carbocycles. The minimum Gasteiger partial charge on any atom is -0.480 e. The number of anilines is 1. The molecule has 1 aromatic carbocycles. The van der Waals surface area contributed by atoms with Crippen LogP contribution in [0.25, 0.3) is 22.3 Å². The first kappa shape index (κ1) is 24.8. The van der Waals surface area contributed by atoms with Gasteiger partial charge in [-0.2, -0.15) is 10.1 Å². The molecule has 0 N–H and O–H groups in total. The Bertz CT molecular complexity index is 1300. The van der Waals surface area contributed by atoms with Crippen molar-refractivity contribution in [3.8, 4) is 34.0 Å². The van der Waals surface area contributed by atoms with Gasteiger partial charge in [-0.3, -0.25) is 0 Å². The molecule has 0 atom stereocenters. The predicted octanol–water partition coefficient (Wildman–Crippen LogP) is 4.94. The number of carbonyl (C=O) groups is 1. The first-order chi connectivity index (χ1) is 17.7. The summed E-state index contributed by atoms with van der Waals surface area (Å²) in [6, 6.07) is 12.5. The summed E-state index contributed by atoms with van der Waals surface area (Å²) in [4.78, 5) is 21.3. The van der Waals surface area contributed by atoms with Crippen LogP contribution in [0, 0.1) is 0 Å². The third kappa shape index (κ3) is 5.30. The number of fused-ring (bicyclic) bond motifs is 3. The van der Waals surface area contributed by atoms with Crippen LogP contribution in [0.15, 0.2) is 42.6 Å². The maximum Gasteiger partial charge on any atom is 0.410 e. The van der Waals surface area contributed by atoms with Crippen LogP contribution in [0.5, 0.6) is 11.8 Å². The fourth-order valence-corrected chi connectivity index (χ4v) is 4.79. The summed E-state index contributed by atoms with van der Waals surface area (Å²) in [5.41, 5.74) is 4.68. The molecule has 194 valence electrons. The van der Waals surface area contributed by atoms with E-state index in [1.807, 2.05) is 33.9 Å². The van der Waals surface area contributed by atoms with Gasteiger partial charge in [-0.05, 0) is 68.5 Å². The lowest BCUT2D eigenvalue weighted by atomic mass is 9.95. The Balaban J connectivity index is 1.28. The van der Waals surface area contributed by atoms with Gasteiger partial charge in [0.25, 0.3) is 0 Å². The number of rotatable bonds is 4. The average molecular weight is 504 g/mol. The van der Waals surface area contributed by atoms with Crippen molar-refractivity contribution in [3.05, 3.63) is 48.2 Å². The van der Waals surface area contributed by atoms with Gasteiger partial charge in [-0.1, -0.05) is 12.1 Å². The molecule has 9 heteroatoms. The lowest BCUT2D eigenvalue weighted by molar-refractivity contribution is 0.0201. The summed E-state index contributed by atoms with van der Waals surface area (Å²) in [6.07, 6.45) is 3.17. The number of pyridine rings is 1. The van der Waals surface area contributed by atoms with Gasteiger partial charge in [0.1, 0.15) is 18.0 Å². The van der Waals surface area contributed by atoms with Gasteiger partial charge < -0.3 is 24.0 Å². The third-order valence-electron chi connectivity index (χ3n) is 6.80. The highest BCUT2D eigenvalue weighted by atomic mass is 16.6. The van der Waals surface area contributed by atoms with Gasteiger partial charge in [-0.25, -0.2) is 4.79 Å². The van der Waals surface area contributed by atoms with Gasteiger partial charge in [-0.15, -0.1) is 5.10 Å². The molecule has 2 aromatic heterocycles. The molecule has 0 saturated carbocycles. The van der Waals surface area contributed by atoms with E-state index in [0.29, 0.717) is 18.4 Å². The predicted molar refractivity (Wildman–Crippen MR) is 141 cm³/mol. The zero-order valence-electron chi connectivity index (χ0n) is 22.0. The van der Waals surface area contributed by atoms with E-state index in [4.69, 9.17) is 19.2 Å². The first-order valence-electron chi connectivity index (χ1n) is 12.6. The number of benzene rings is 1. The Labute approximate surface area is 217 Å². The van der Waals surface area contributed by atoms with Gasteiger partial charge in [0, 0.05) is 43.4 Å². The molecule has 0 spiro atoms. The summed E-state index contributed by atoms with van der Waals surface area (Å²) in [5, 5.41) is 7.97. The lowest BCUT2D eigenvalue weighted by Crippen LogP contribution is -2.47. The highest BCUT2D eigenvalue weighted by Gasteiger charge is 2.29. The molecular weight excluding hydrogens is 470 g/mol. The van der Waals surface area contributed by atoms with E-state index in [2.05, 4.69) is 45.4 Å². The second-order valence-corrected chi connectivity index (χ2v) is 10.5. The Morgan fingerprint density at radius 3 is 2.57 bits per heavy atom. The largest absolute Gasteiger partial charge is 0.480 e. The van der Waals surface area contributed by atoms with Crippen molar-refractivity contribution in [3.63, 3.8) is 0 Å². The van der Waals surface area contributed by atoms with Crippen LogP contribution >= 0.6 is 0 Å². The first-order valence-corrected chi connectivity index (χ1v) is 12.6. The molecule has 0 radical (unpaired) electrons. The van der Waals surface area contributed by atoms with Gasteiger partial charge in [0.15, 0.2) is 0 Å². The van der Waals surface area contributed by atoms with E-state index in [9.17, 15) is 4.79 Å². The maximum absolute atomic E-state index is 12.5. The Morgan fingerprint density at radius 2 is 1.84 bits per heavy atom. The number of nitrogens with zero attached hydrogens (tertiary/aromatic N) is 5. The van der Waals surface area contributed by atoms with E-state index >= 15 is 0 Å². The second kappa shape index (κ2) is 9.88. The molecule has 5 rings (SSSR count). The molecule has 2 aliphatic heterocycles. The second-order valence-electron chi connectivity index (χ2n) is 10.5. The van der Waals surface area contributed by atoms with Crippen molar-refractivity contribution < 1.29 is 19.0 Å². The topological polar surface area (TPSA) is 89.9 Å². The molecule has 1 amide bonds. The molecule has 9 nitrogen and oxygen atoms in total. The standard InChI is InChI=1S/C28H33N5O4/c1-28(2,3)37-27(34)32(4)21-10-12-33(13-11-21)24-9-8-23-22-7-6-18(14-20(22)17-36-26(23)30-24)19-15-25(35-5)31-29-16-19/h6-9,14-16,21H,10-13,17H2,1-5H3. The molecule has 2 aliphatic rings. The number of aromatic nitrogens is 3. The zero-order valence-corrected chi connectivity index (χ0v) is 22.0. The normalized spacial score (nSPS) is 15.3. The number of ether oxygens (including phenoxy) is 3. The number of methoxy groups -OCH3 is 1. The smallest absolute Gasteiger partial charge is 0.410 e. The molecule has 37 heavy (non-hydrogen) atoms. The van der Waals surface area contributed by atoms with Gasteiger partial charge in [0.05, 0.1) is 13.3 Å². The van der Waals surface area contributed by atoms with Crippen molar-refractivity contribution in [2.75, 3.05) is 32.1 Å². The minimum absolute atomic E-state index is 0.150. The van der Waals surface area contributed by atoms with E-state index in [0.717, 1.165) is 59.6 Å². The van der Waals surface area contributed by atoms with E-state index in [1.54, 1.807) is 18.2 Å². The van der Waals surface area contributed by atoms with Crippen LogP contribution in [0.1, 0.15) is 39.2 Å². The Kier molecular flexibility index (Phi) is 6.62. The fourth-order valence-electron chi connectivity index (χ4n) is 4.79. The third-order valence-corrected chi connectivity index (χ3v) is 6.80. The number of carbonyl (C=O) groups excluding carboxylic acids is 1. The molecule has 0 bridgehead atoms. The molecular formula is C28H33N5O4. The quantitative estimate of drug-likeness (QED) is 0.494. The van der Waals surface area contributed by atoms with Crippen molar-refractivity contribution in [2.24, 2.45) is 0 Å². The van der Waals surface area contributed by atoms with E-state index < -0.39 is 5.60 Å². The number of hydrogen-bond acceptors (Lipinski definition) is 8. The maximum atomic E-state index is 12.5. The van der Waals surface area contributed by atoms with Crippen LogP contribution in [-0.2, 0) is 11.3 Å². The summed E-state index contributed by atoms with van der Waals surface area (Å²) >= 11 is 0. The fraction of sp³-hybridized carbons (Fsp3) is 0.429. The number of hydrogen-bond donors (Lipinski definition) is 0. The highest BCUT2D eigenvalue weighted by Crippen LogP contribution is 2.39. The number of piperidine rings is 1. The lowest BCUT2D eigenvalue weighted by Gasteiger charge is -2.38. The van der Waals surface area contributed by atoms with E-state index in [1.165, 1.54) is 0 Å². The summed E-state index contributed by atoms with van der Waals surface area (Å²) < 4.78 is 16.8. The molecule has 1 saturated heterocycles. The van der Waals surface area contributed by atoms with Gasteiger partial charge >= 0.3 is 6.09 Å². The van der Waals surface area contributed by atoms with E-state index in [-0.39, 0.29) is 12.1 Å². The van der Waals surface area contributed by atoms with Crippen molar-refractivity contribution in [1.29, 1.82) is 0 Å². The molecule has 4 heterocycles. The van der Waals surface area contributed by atoms with Crippen LogP contribution < -0.4 is 14.4 Å². The average Bonchev–Trinajstić information content (AvgIpc) is 2.91. The minimum atomic E-state index is -0.497. The highest BCUT2D eigenvalue weighted by molar-refractivity contribution is 5.78. The van der Waals surface area contributed by atoms with Crippen molar-refractivity contribution in [1.82, 2.24) is 20.1 Å². The summed E-state index contributed by atoms with van der Waals surface area (Å²) in [7, 11) is 3.40. The van der Waals surface area contributed by atoms with Crippen LogP contribution in [0.4, 0.5) is 10.6 Å². The van der Waals surface area contributed by atoms with Gasteiger partial charge in [0.2, 0.25) is 11.8 Å².